The molecule has 0 bridgehead atoms. The SMILES string of the molecule is CC(=O)N(C)C1CCCCN1c1ccc(N)cc1. The summed E-state index contributed by atoms with van der Waals surface area (Å²) < 4.78 is 0. The molecule has 1 amide bonds. The fraction of sp³-hybridized carbons (Fsp3) is 0.500. The average Bonchev–Trinajstić information content (AvgIpc) is 2.39. The fourth-order valence-corrected chi connectivity index (χ4v) is 2.49. The van der Waals surface area contributed by atoms with E-state index in [9.17, 15) is 4.79 Å². The maximum Gasteiger partial charge on any atom is 0.220 e. The van der Waals surface area contributed by atoms with Crippen molar-refractivity contribution in [3.8, 4) is 0 Å². The van der Waals surface area contributed by atoms with Crippen LogP contribution in [-0.4, -0.2) is 30.6 Å². The monoisotopic (exact) mass is 247 g/mol. The van der Waals surface area contributed by atoms with Crippen LogP contribution < -0.4 is 10.6 Å². The van der Waals surface area contributed by atoms with E-state index < -0.39 is 0 Å². The highest BCUT2D eigenvalue weighted by atomic mass is 16.2. The molecule has 1 aromatic carbocycles. The third kappa shape index (κ3) is 2.58. The van der Waals surface area contributed by atoms with E-state index in [4.69, 9.17) is 5.73 Å². The minimum absolute atomic E-state index is 0.113. The third-order valence-electron chi connectivity index (χ3n) is 3.64. The zero-order chi connectivity index (χ0) is 13.1. The van der Waals surface area contributed by atoms with Gasteiger partial charge in [0.05, 0.1) is 0 Å². The summed E-state index contributed by atoms with van der Waals surface area (Å²) in [6, 6.07) is 7.88. The molecule has 18 heavy (non-hydrogen) atoms. The Balaban J connectivity index is 2.22. The highest BCUT2D eigenvalue weighted by Crippen LogP contribution is 2.26. The zero-order valence-electron chi connectivity index (χ0n) is 11.1. The predicted molar refractivity (Wildman–Crippen MR) is 74.3 cm³/mol. The number of amides is 1. The van der Waals surface area contributed by atoms with E-state index in [2.05, 4.69) is 4.90 Å². The molecule has 1 saturated heterocycles. The number of piperidine rings is 1. The molecule has 0 aliphatic carbocycles. The van der Waals surface area contributed by atoms with Gasteiger partial charge in [0.15, 0.2) is 0 Å². The van der Waals surface area contributed by atoms with E-state index in [1.165, 1.54) is 12.8 Å². The van der Waals surface area contributed by atoms with Gasteiger partial charge in [0.25, 0.3) is 0 Å². The Labute approximate surface area is 108 Å². The average molecular weight is 247 g/mol. The van der Waals surface area contributed by atoms with Gasteiger partial charge in [0.1, 0.15) is 6.17 Å². The Kier molecular flexibility index (Phi) is 3.75. The number of benzene rings is 1. The number of carbonyl (C=O) groups is 1. The first kappa shape index (κ1) is 12.7. The lowest BCUT2D eigenvalue weighted by Crippen LogP contribution is -2.51. The van der Waals surface area contributed by atoms with Crippen LogP contribution >= 0.6 is 0 Å². The summed E-state index contributed by atoms with van der Waals surface area (Å²) in [5.74, 6) is 0.113. The Hall–Kier alpha value is -1.71. The lowest BCUT2D eigenvalue weighted by molar-refractivity contribution is -0.129. The van der Waals surface area contributed by atoms with Gasteiger partial charge in [-0.15, -0.1) is 0 Å². The summed E-state index contributed by atoms with van der Waals surface area (Å²) in [6.07, 6.45) is 3.54. The lowest BCUT2D eigenvalue weighted by atomic mass is 10.1. The van der Waals surface area contributed by atoms with Crippen molar-refractivity contribution in [3.63, 3.8) is 0 Å². The Morgan fingerprint density at radius 2 is 2.00 bits per heavy atom. The first-order chi connectivity index (χ1) is 8.59. The van der Waals surface area contributed by atoms with Crippen LogP contribution in [0.15, 0.2) is 24.3 Å². The van der Waals surface area contributed by atoms with Crippen LogP contribution in [0, 0.1) is 0 Å². The third-order valence-corrected chi connectivity index (χ3v) is 3.64. The molecule has 1 heterocycles. The normalized spacial score (nSPS) is 19.7. The van der Waals surface area contributed by atoms with E-state index in [1.807, 2.05) is 36.2 Å². The molecule has 4 heteroatoms. The standard InChI is InChI=1S/C14H21N3O/c1-11(18)16(2)14-5-3-4-10-17(14)13-8-6-12(15)7-9-13/h6-9,14H,3-5,10,15H2,1-2H3. The fourth-order valence-electron chi connectivity index (χ4n) is 2.49. The van der Waals surface area contributed by atoms with E-state index >= 15 is 0 Å². The molecule has 98 valence electrons. The molecule has 1 unspecified atom stereocenters. The van der Waals surface area contributed by atoms with Crippen molar-refractivity contribution in [1.82, 2.24) is 4.90 Å². The number of rotatable bonds is 2. The molecule has 1 aliphatic heterocycles. The second-order valence-electron chi connectivity index (χ2n) is 4.89. The van der Waals surface area contributed by atoms with Crippen molar-refractivity contribution in [1.29, 1.82) is 0 Å². The highest BCUT2D eigenvalue weighted by Gasteiger charge is 2.27. The molecule has 0 spiro atoms. The van der Waals surface area contributed by atoms with Crippen LogP contribution in [0.2, 0.25) is 0 Å². The summed E-state index contributed by atoms with van der Waals surface area (Å²) >= 11 is 0. The van der Waals surface area contributed by atoms with Crippen LogP contribution in [0.3, 0.4) is 0 Å². The topological polar surface area (TPSA) is 49.6 Å². The smallest absolute Gasteiger partial charge is 0.220 e. The Bertz CT molecular complexity index is 416. The van der Waals surface area contributed by atoms with Crippen LogP contribution in [-0.2, 0) is 4.79 Å². The number of hydrogen-bond donors (Lipinski definition) is 1. The number of nitrogens with two attached hydrogens (primary N) is 1. The predicted octanol–water partition coefficient (Wildman–Crippen LogP) is 2.06. The van der Waals surface area contributed by atoms with Crippen molar-refractivity contribution >= 4 is 17.3 Å². The van der Waals surface area contributed by atoms with Crippen molar-refractivity contribution < 1.29 is 4.79 Å². The summed E-state index contributed by atoms with van der Waals surface area (Å²) in [4.78, 5) is 15.7. The van der Waals surface area contributed by atoms with Gasteiger partial charge in [-0.25, -0.2) is 0 Å². The van der Waals surface area contributed by atoms with E-state index in [0.29, 0.717) is 0 Å². The molecule has 0 radical (unpaired) electrons. The van der Waals surface area contributed by atoms with Gasteiger partial charge in [-0.3, -0.25) is 4.79 Å². The summed E-state index contributed by atoms with van der Waals surface area (Å²) in [6.45, 7) is 2.61. The zero-order valence-corrected chi connectivity index (χ0v) is 11.1. The van der Waals surface area contributed by atoms with Gasteiger partial charge in [-0.1, -0.05) is 0 Å². The minimum atomic E-state index is 0.113. The number of nitrogens with zero attached hydrogens (tertiary/aromatic N) is 2. The maximum absolute atomic E-state index is 11.6. The van der Waals surface area contributed by atoms with Gasteiger partial charge in [-0.2, -0.15) is 0 Å². The summed E-state index contributed by atoms with van der Waals surface area (Å²) in [7, 11) is 1.88. The molecule has 1 atom stereocenters. The molecular weight excluding hydrogens is 226 g/mol. The van der Waals surface area contributed by atoms with Crippen molar-refractivity contribution in [2.24, 2.45) is 0 Å². The molecule has 1 fully saturated rings. The summed E-state index contributed by atoms with van der Waals surface area (Å²) in [5.41, 5.74) is 7.63. The second kappa shape index (κ2) is 5.29. The van der Waals surface area contributed by atoms with Crippen molar-refractivity contribution in [2.75, 3.05) is 24.2 Å². The van der Waals surface area contributed by atoms with Gasteiger partial charge in [0.2, 0.25) is 5.91 Å². The lowest BCUT2D eigenvalue weighted by Gasteiger charge is -2.42. The minimum Gasteiger partial charge on any atom is -0.399 e. The quantitative estimate of drug-likeness (QED) is 0.814. The molecule has 4 nitrogen and oxygen atoms in total. The molecule has 1 aromatic rings. The van der Waals surface area contributed by atoms with Gasteiger partial charge in [-0.05, 0) is 43.5 Å². The largest absolute Gasteiger partial charge is 0.399 e. The van der Waals surface area contributed by atoms with Crippen LogP contribution in [0.4, 0.5) is 11.4 Å². The second-order valence-corrected chi connectivity index (χ2v) is 4.89. The molecule has 0 saturated carbocycles. The molecular formula is C14H21N3O. The van der Waals surface area contributed by atoms with E-state index in [0.717, 1.165) is 24.3 Å². The number of anilines is 2. The highest BCUT2D eigenvalue weighted by molar-refractivity contribution is 5.74. The molecule has 1 aliphatic rings. The van der Waals surface area contributed by atoms with E-state index in [1.54, 1.807) is 6.92 Å². The Morgan fingerprint density at radius 1 is 1.33 bits per heavy atom. The van der Waals surface area contributed by atoms with Crippen molar-refractivity contribution in [2.45, 2.75) is 32.4 Å². The van der Waals surface area contributed by atoms with Crippen LogP contribution in [0.5, 0.6) is 0 Å². The maximum atomic E-state index is 11.6. The first-order valence-corrected chi connectivity index (χ1v) is 6.45. The number of nitrogen functional groups attached to an aromatic ring is 1. The van der Waals surface area contributed by atoms with Crippen molar-refractivity contribution in [3.05, 3.63) is 24.3 Å². The molecule has 0 aromatic heterocycles. The molecule has 2 rings (SSSR count). The van der Waals surface area contributed by atoms with Gasteiger partial charge >= 0.3 is 0 Å². The summed E-state index contributed by atoms with van der Waals surface area (Å²) in [5, 5.41) is 0. The first-order valence-electron chi connectivity index (χ1n) is 6.45. The molecule has 2 N–H and O–H groups in total. The number of hydrogen-bond acceptors (Lipinski definition) is 3. The van der Waals surface area contributed by atoms with Crippen LogP contribution in [0.25, 0.3) is 0 Å². The Morgan fingerprint density at radius 3 is 2.61 bits per heavy atom. The van der Waals surface area contributed by atoms with E-state index in [-0.39, 0.29) is 12.1 Å². The van der Waals surface area contributed by atoms with Crippen LogP contribution in [0.1, 0.15) is 26.2 Å². The van der Waals surface area contributed by atoms with Gasteiger partial charge in [0, 0.05) is 31.9 Å². The van der Waals surface area contributed by atoms with Gasteiger partial charge < -0.3 is 15.5 Å². The number of carbonyl (C=O) groups excluding carboxylic acids is 1.